The van der Waals surface area contributed by atoms with Gasteiger partial charge in [0, 0.05) is 0 Å². The van der Waals surface area contributed by atoms with Crippen molar-refractivity contribution < 1.29 is 25.2 Å². The topological polar surface area (TPSA) is 110 Å². The van der Waals surface area contributed by atoms with Crippen molar-refractivity contribution in [2.75, 3.05) is 6.61 Å². The first-order chi connectivity index (χ1) is 24.5. The van der Waals surface area contributed by atoms with Gasteiger partial charge in [0.05, 0.1) is 18.8 Å². The van der Waals surface area contributed by atoms with Gasteiger partial charge in [-0.05, 0) is 38.5 Å². The Balaban J connectivity index is 3.75. The van der Waals surface area contributed by atoms with E-state index in [9.17, 15) is 25.2 Å². The minimum atomic E-state index is -1.28. The van der Waals surface area contributed by atoms with E-state index in [2.05, 4.69) is 31.3 Å². The maximum atomic E-state index is 12.5. The molecule has 0 aliphatic rings. The second-order valence-corrected chi connectivity index (χ2v) is 15.4. The first-order valence-electron chi connectivity index (χ1n) is 22.1. The number of nitrogens with one attached hydrogen (secondary N) is 1. The van der Waals surface area contributed by atoms with Gasteiger partial charge >= 0.3 is 0 Å². The molecule has 6 nitrogen and oxygen atoms in total. The molecular formula is C44H87NO5. The average Bonchev–Trinajstić information content (AvgIpc) is 3.12. The first-order valence-corrected chi connectivity index (χ1v) is 22.1. The van der Waals surface area contributed by atoms with E-state index in [-0.39, 0.29) is 0 Å². The summed E-state index contributed by atoms with van der Waals surface area (Å²) in [5.41, 5.74) is 0. The molecule has 0 spiro atoms. The number of carbonyl (C=O) groups excluding carboxylic acids is 1. The molecule has 0 heterocycles. The number of rotatable bonds is 40. The van der Waals surface area contributed by atoms with Crippen LogP contribution >= 0.6 is 0 Å². The number of hydrogen-bond acceptors (Lipinski definition) is 5. The van der Waals surface area contributed by atoms with Crippen LogP contribution in [0, 0.1) is 0 Å². The molecule has 0 bridgehead atoms. The molecule has 5 N–H and O–H groups in total. The van der Waals surface area contributed by atoms with E-state index < -0.39 is 36.9 Å². The summed E-state index contributed by atoms with van der Waals surface area (Å²) >= 11 is 0. The van der Waals surface area contributed by atoms with Crippen molar-refractivity contribution in [2.24, 2.45) is 0 Å². The van der Waals surface area contributed by atoms with Crippen LogP contribution in [0.1, 0.15) is 232 Å². The molecule has 0 aromatic rings. The third kappa shape index (κ3) is 32.9. The molecule has 1 amide bonds. The first kappa shape index (κ1) is 49.0. The fraction of sp³-hybridized carbons (Fsp3) is 0.932. The van der Waals surface area contributed by atoms with Crippen LogP contribution < -0.4 is 5.32 Å². The molecule has 298 valence electrons. The van der Waals surface area contributed by atoms with Crippen LogP contribution in [0.25, 0.3) is 0 Å². The summed E-state index contributed by atoms with van der Waals surface area (Å²) in [5, 5.41) is 43.6. The van der Waals surface area contributed by atoms with Crippen LogP contribution in [0.2, 0.25) is 0 Å². The minimum absolute atomic E-state index is 0.367. The van der Waals surface area contributed by atoms with Crippen molar-refractivity contribution in [2.45, 2.75) is 257 Å². The highest BCUT2D eigenvalue weighted by molar-refractivity contribution is 5.80. The fourth-order valence-electron chi connectivity index (χ4n) is 6.93. The highest BCUT2D eigenvalue weighted by atomic mass is 16.3. The molecule has 0 saturated carbocycles. The van der Waals surface area contributed by atoms with Gasteiger partial charge in [-0.3, -0.25) is 4.79 Å². The second-order valence-electron chi connectivity index (χ2n) is 15.4. The summed E-state index contributed by atoms with van der Waals surface area (Å²) in [7, 11) is 0. The standard InChI is InChI=1S/C44H87NO5/c1-3-5-7-9-11-13-15-17-19-20-21-22-23-24-26-27-29-31-33-35-37-41(47)43(49)40(39-46)45-44(50)42(48)38-36-34-32-30-28-25-18-16-14-12-10-8-6-4-2/h29,31,40-43,46-49H,3-28,30,32-39H2,1-2H3,(H,45,50)/b31-29+. The molecule has 0 radical (unpaired) electrons. The number of hydrogen-bond donors (Lipinski definition) is 5. The monoisotopic (exact) mass is 710 g/mol. The van der Waals surface area contributed by atoms with Crippen LogP contribution in [-0.2, 0) is 4.79 Å². The lowest BCUT2D eigenvalue weighted by Crippen LogP contribution is -2.53. The van der Waals surface area contributed by atoms with Gasteiger partial charge in [0.2, 0.25) is 5.91 Å². The summed E-state index contributed by atoms with van der Waals surface area (Å²) in [6.07, 6.45) is 42.4. The molecule has 4 atom stereocenters. The van der Waals surface area contributed by atoms with E-state index >= 15 is 0 Å². The van der Waals surface area contributed by atoms with Crippen molar-refractivity contribution in [1.82, 2.24) is 5.32 Å². The number of aliphatic hydroxyl groups is 4. The zero-order valence-corrected chi connectivity index (χ0v) is 33.4. The molecule has 6 heteroatoms. The summed E-state index contributed by atoms with van der Waals surface area (Å²) in [4.78, 5) is 12.5. The summed E-state index contributed by atoms with van der Waals surface area (Å²) in [6, 6.07) is -0.996. The Morgan fingerprint density at radius 3 is 1.20 bits per heavy atom. The van der Waals surface area contributed by atoms with Crippen LogP contribution in [0.4, 0.5) is 0 Å². The van der Waals surface area contributed by atoms with Crippen LogP contribution in [-0.4, -0.2) is 57.3 Å². The van der Waals surface area contributed by atoms with Crippen LogP contribution in [0.5, 0.6) is 0 Å². The Morgan fingerprint density at radius 1 is 0.480 bits per heavy atom. The maximum Gasteiger partial charge on any atom is 0.249 e. The molecule has 0 fully saturated rings. The van der Waals surface area contributed by atoms with E-state index in [0.29, 0.717) is 12.8 Å². The van der Waals surface area contributed by atoms with Gasteiger partial charge in [0.25, 0.3) is 0 Å². The van der Waals surface area contributed by atoms with Crippen LogP contribution in [0.15, 0.2) is 12.2 Å². The molecule has 0 aliphatic carbocycles. The van der Waals surface area contributed by atoms with E-state index in [4.69, 9.17) is 0 Å². The highest BCUT2D eigenvalue weighted by Gasteiger charge is 2.28. The third-order valence-corrected chi connectivity index (χ3v) is 10.5. The molecule has 0 aromatic carbocycles. The predicted molar refractivity (Wildman–Crippen MR) is 215 cm³/mol. The Bertz CT molecular complexity index is 717. The zero-order chi connectivity index (χ0) is 36.8. The van der Waals surface area contributed by atoms with Crippen molar-refractivity contribution in [3.05, 3.63) is 12.2 Å². The van der Waals surface area contributed by atoms with E-state index in [0.717, 1.165) is 38.5 Å². The largest absolute Gasteiger partial charge is 0.394 e. The fourth-order valence-corrected chi connectivity index (χ4v) is 6.93. The van der Waals surface area contributed by atoms with Crippen LogP contribution in [0.3, 0.4) is 0 Å². The lowest BCUT2D eigenvalue weighted by molar-refractivity contribution is -0.132. The summed E-state index contributed by atoms with van der Waals surface area (Å²) in [5.74, 6) is -0.591. The van der Waals surface area contributed by atoms with E-state index in [1.165, 1.54) is 167 Å². The van der Waals surface area contributed by atoms with E-state index in [1.54, 1.807) is 0 Å². The summed E-state index contributed by atoms with van der Waals surface area (Å²) < 4.78 is 0. The van der Waals surface area contributed by atoms with Gasteiger partial charge in [-0.2, -0.15) is 0 Å². The van der Waals surface area contributed by atoms with Crippen molar-refractivity contribution in [3.8, 4) is 0 Å². The Kier molecular flexibility index (Phi) is 38.5. The lowest BCUT2D eigenvalue weighted by Gasteiger charge is -2.27. The minimum Gasteiger partial charge on any atom is -0.394 e. The predicted octanol–water partition coefficient (Wildman–Crippen LogP) is 11.4. The molecule has 0 aromatic heterocycles. The Morgan fingerprint density at radius 2 is 0.820 bits per heavy atom. The zero-order valence-electron chi connectivity index (χ0n) is 33.4. The van der Waals surface area contributed by atoms with Gasteiger partial charge in [-0.25, -0.2) is 0 Å². The van der Waals surface area contributed by atoms with Gasteiger partial charge in [0.15, 0.2) is 0 Å². The van der Waals surface area contributed by atoms with Gasteiger partial charge in [-0.1, -0.05) is 206 Å². The normalized spacial score (nSPS) is 14.3. The lowest BCUT2D eigenvalue weighted by atomic mass is 10.00. The van der Waals surface area contributed by atoms with Gasteiger partial charge < -0.3 is 25.7 Å². The molecular weight excluding hydrogens is 622 g/mol. The molecule has 50 heavy (non-hydrogen) atoms. The third-order valence-electron chi connectivity index (χ3n) is 10.5. The van der Waals surface area contributed by atoms with Gasteiger partial charge in [-0.15, -0.1) is 0 Å². The van der Waals surface area contributed by atoms with E-state index in [1.807, 2.05) is 0 Å². The molecule has 4 unspecified atom stereocenters. The smallest absolute Gasteiger partial charge is 0.249 e. The SMILES string of the molecule is CCCCCCCCCCCCCCCCC/C=C/CCCC(O)C(O)C(CO)NC(=O)C(O)CCCCCCCCCCCCCCCC. The number of aliphatic hydroxyl groups excluding tert-OH is 4. The number of carbonyl (C=O) groups is 1. The maximum absolute atomic E-state index is 12.5. The van der Waals surface area contributed by atoms with Gasteiger partial charge in [0.1, 0.15) is 12.2 Å². The van der Waals surface area contributed by atoms with Crippen molar-refractivity contribution >= 4 is 5.91 Å². The molecule has 0 rings (SSSR count). The molecule has 0 saturated heterocycles. The Labute approximate surface area is 311 Å². The number of amides is 1. The second kappa shape index (κ2) is 39.3. The summed E-state index contributed by atoms with van der Waals surface area (Å²) in [6.45, 7) is 4.05. The van der Waals surface area contributed by atoms with Crippen molar-refractivity contribution in [3.63, 3.8) is 0 Å². The number of unbranched alkanes of at least 4 members (excludes halogenated alkanes) is 29. The van der Waals surface area contributed by atoms with Crippen molar-refractivity contribution in [1.29, 1.82) is 0 Å². The highest BCUT2D eigenvalue weighted by Crippen LogP contribution is 2.16. The Hall–Kier alpha value is -0.950. The quantitative estimate of drug-likeness (QED) is 0.0321. The average molecular weight is 710 g/mol. The molecule has 0 aliphatic heterocycles. The number of allylic oxidation sites excluding steroid dienone is 2.